The summed E-state index contributed by atoms with van der Waals surface area (Å²) in [5, 5.41) is 2.24. The van der Waals surface area contributed by atoms with E-state index in [9.17, 15) is 14.4 Å². The monoisotopic (exact) mass is 378 g/mol. The molecule has 1 saturated heterocycles. The van der Waals surface area contributed by atoms with E-state index >= 15 is 0 Å². The van der Waals surface area contributed by atoms with Crippen molar-refractivity contribution in [3.63, 3.8) is 0 Å². The second-order valence-electron chi connectivity index (χ2n) is 6.87. The van der Waals surface area contributed by atoms with Gasteiger partial charge in [-0.3, -0.25) is 14.9 Å². The third-order valence-electron chi connectivity index (χ3n) is 4.63. The van der Waals surface area contributed by atoms with E-state index in [1.165, 1.54) is 6.08 Å². The molecule has 142 valence electrons. The molecule has 28 heavy (non-hydrogen) atoms. The van der Waals surface area contributed by atoms with E-state index in [0.717, 1.165) is 21.6 Å². The Morgan fingerprint density at radius 1 is 0.929 bits per heavy atom. The minimum atomic E-state index is -0.764. The Kier molecular flexibility index (Phi) is 4.15. The van der Waals surface area contributed by atoms with Crippen molar-refractivity contribution >= 4 is 29.6 Å². The van der Waals surface area contributed by atoms with Crippen molar-refractivity contribution in [1.82, 2.24) is 5.32 Å². The molecule has 0 aromatic heterocycles. The quantitative estimate of drug-likeness (QED) is 0.641. The number of nitrogens with zero attached hydrogens (tertiary/aromatic N) is 1. The predicted octanol–water partition coefficient (Wildman–Crippen LogP) is 3.01. The van der Waals surface area contributed by atoms with Crippen LogP contribution in [0, 0.1) is 20.8 Å². The molecule has 7 heteroatoms. The fourth-order valence-electron chi connectivity index (χ4n) is 3.34. The van der Waals surface area contributed by atoms with E-state index in [-0.39, 0.29) is 12.4 Å². The summed E-state index contributed by atoms with van der Waals surface area (Å²) in [5.74, 6) is -0.238. The summed E-state index contributed by atoms with van der Waals surface area (Å²) in [6, 6.07) is 8.12. The Hall–Kier alpha value is -3.61. The number of barbiturate groups is 1. The summed E-state index contributed by atoms with van der Waals surface area (Å²) in [4.78, 5) is 38.8. The Bertz CT molecular complexity index is 1050. The summed E-state index contributed by atoms with van der Waals surface area (Å²) in [5.41, 5.74) is 3.56. The minimum Gasteiger partial charge on any atom is -0.454 e. The lowest BCUT2D eigenvalue weighted by Crippen LogP contribution is -2.54. The van der Waals surface area contributed by atoms with Crippen LogP contribution in [0.15, 0.2) is 35.9 Å². The third kappa shape index (κ3) is 3.00. The number of hydrogen-bond acceptors (Lipinski definition) is 5. The van der Waals surface area contributed by atoms with Crippen LogP contribution in [-0.2, 0) is 9.59 Å². The topological polar surface area (TPSA) is 84.9 Å². The molecule has 0 radical (unpaired) electrons. The maximum Gasteiger partial charge on any atom is 0.335 e. The second-order valence-corrected chi connectivity index (χ2v) is 6.87. The molecule has 2 aromatic carbocycles. The summed E-state index contributed by atoms with van der Waals surface area (Å²) in [7, 11) is 0. The summed E-state index contributed by atoms with van der Waals surface area (Å²) in [6.07, 6.45) is 1.47. The molecule has 7 nitrogen and oxygen atoms in total. The minimum absolute atomic E-state index is 0.124. The molecular weight excluding hydrogens is 360 g/mol. The molecule has 1 N–H and O–H groups in total. The maximum atomic E-state index is 13.0. The van der Waals surface area contributed by atoms with Gasteiger partial charge in [0.1, 0.15) is 5.57 Å². The average molecular weight is 378 g/mol. The van der Waals surface area contributed by atoms with Gasteiger partial charge in [-0.15, -0.1) is 0 Å². The predicted molar refractivity (Wildman–Crippen MR) is 102 cm³/mol. The first kappa shape index (κ1) is 17.8. The van der Waals surface area contributed by atoms with Gasteiger partial charge in [0.25, 0.3) is 11.8 Å². The normalized spacial score (nSPS) is 17.3. The van der Waals surface area contributed by atoms with Gasteiger partial charge in [-0.2, -0.15) is 0 Å². The number of ether oxygens (including phenoxy) is 2. The number of carbonyl (C=O) groups excluding carboxylic acids is 3. The molecule has 2 heterocycles. The highest BCUT2D eigenvalue weighted by molar-refractivity contribution is 6.39. The van der Waals surface area contributed by atoms with Crippen LogP contribution in [0.4, 0.5) is 10.5 Å². The van der Waals surface area contributed by atoms with E-state index in [1.807, 2.05) is 26.8 Å². The molecule has 0 unspecified atom stereocenters. The van der Waals surface area contributed by atoms with Crippen LogP contribution < -0.4 is 19.7 Å². The van der Waals surface area contributed by atoms with Crippen molar-refractivity contribution in [3.8, 4) is 11.5 Å². The molecule has 2 aromatic rings. The molecule has 4 amide bonds. The molecular formula is C21H18N2O5. The van der Waals surface area contributed by atoms with Gasteiger partial charge in [0.2, 0.25) is 6.79 Å². The van der Waals surface area contributed by atoms with Crippen molar-refractivity contribution in [2.45, 2.75) is 20.8 Å². The van der Waals surface area contributed by atoms with Crippen LogP contribution in [-0.4, -0.2) is 24.6 Å². The lowest BCUT2D eigenvalue weighted by atomic mass is 10.0. The summed E-state index contributed by atoms with van der Waals surface area (Å²) < 4.78 is 10.7. The summed E-state index contributed by atoms with van der Waals surface area (Å²) in [6.45, 7) is 5.72. The highest BCUT2D eigenvalue weighted by atomic mass is 16.7. The van der Waals surface area contributed by atoms with E-state index in [4.69, 9.17) is 9.47 Å². The number of anilines is 1. The number of fused-ring (bicyclic) bond motifs is 1. The van der Waals surface area contributed by atoms with Crippen LogP contribution in [0.3, 0.4) is 0 Å². The van der Waals surface area contributed by atoms with Crippen molar-refractivity contribution < 1.29 is 23.9 Å². The van der Waals surface area contributed by atoms with Gasteiger partial charge in [-0.25, -0.2) is 9.69 Å². The van der Waals surface area contributed by atoms with Crippen LogP contribution >= 0.6 is 0 Å². The molecule has 0 bridgehead atoms. The van der Waals surface area contributed by atoms with Gasteiger partial charge in [-0.1, -0.05) is 6.07 Å². The highest BCUT2D eigenvalue weighted by Crippen LogP contribution is 2.35. The van der Waals surface area contributed by atoms with Gasteiger partial charge in [-0.05, 0) is 73.4 Å². The van der Waals surface area contributed by atoms with Crippen molar-refractivity contribution in [2.75, 3.05) is 11.7 Å². The number of urea groups is 1. The lowest BCUT2D eigenvalue weighted by molar-refractivity contribution is -0.122. The van der Waals surface area contributed by atoms with Gasteiger partial charge in [0, 0.05) is 0 Å². The van der Waals surface area contributed by atoms with Gasteiger partial charge in [0.05, 0.1) is 5.69 Å². The van der Waals surface area contributed by atoms with Gasteiger partial charge >= 0.3 is 6.03 Å². The Morgan fingerprint density at radius 3 is 2.25 bits per heavy atom. The Labute approximate surface area is 161 Å². The molecule has 2 aliphatic rings. The molecule has 1 fully saturated rings. The van der Waals surface area contributed by atoms with E-state index < -0.39 is 17.8 Å². The second kappa shape index (κ2) is 6.53. The number of hydrogen-bond donors (Lipinski definition) is 1. The van der Waals surface area contributed by atoms with Gasteiger partial charge in [0.15, 0.2) is 11.5 Å². The molecule has 0 saturated carbocycles. The smallest absolute Gasteiger partial charge is 0.335 e. The summed E-state index contributed by atoms with van der Waals surface area (Å²) >= 11 is 0. The number of carbonyl (C=O) groups is 3. The number of imide groups is 2. The standard InChI is InChI=1S/C21H18N2O5/c1-11-4-12(2)6-15(5-11)23-20(25)16(19(24)22-21(23)26)8-14-9-18-17(7-13(14)3)27-10-28-18/h4-9H,10H2,1-3H3,(H,22,24,26)/b16-8+. The van der Waals surface area contributed by atoms with Crippen molar-refractivity contribution in [1.29, 1.82) is 0 Å². The molecule has 2 aliphatic heterocycles. The van der Waals surface area contributed by atoms with Crippen molar-refractivity contribution in [2.24, 2.45) is 0 Å². The van der Waals surface area contributed by atoms with E-state index in [2.05, 4.69) is 5.32 Å². The molecule has 0 aliphatic carbocycles. The zero-order valence-electron chi connectivity index (χ0n) is 15.7. The average Bonchev–Trinajstić information content (AvgIpc) is 3.04. The lowest BCUT2D eigenvalue weighted by Gasteiger charge is -2.27. The SMILES string of the molecule is Cc1cc(C)cc(N2C(=O)NC(=O)/C(=C\c3cc4c(cc3C)OCO4)C2=O)c1. The first-order valence-electron chi connectivity index (χ1n) is 8.73. The Balaban J connectivity index is 1.77. The largest absolute Gasteiger partial charge is 0.454 e. The number of benzene rings is 2. The fourth-order valence-corrected chi connectivity index (χ4v) is 3.34. The number of aryl methyl sites for hydroxylation is 3. The zero-order valence-corrected chi connectivity index (χ0v) is 15.7. The van der Waals surface area contributed by atoms with Crippen LogP contribution in [0.5, 0.6) is 11.5 Å². The Morgan fingerprint density at radius 2 is 1.57 bits per heavy atom. The highest BCUT2D eigenvalue weighted by Gasteiger charge is 2.37. The first-order valence-corrected chi connectivity index (χ1v) is 8.73. The fraction of sp³-hybridized carbons (Fsp3) is 0.190. The van der Waals surface area contributed by atoms with E-state index in [0.29, 0.717) is 22.7 Å². The first-order chi connectivity index (χ1) is 13.3. The van der Waals surface area contributed by atoms with Crippen molar-refractivity contribution in [3.05, 3.63) is 58.2 Å². The molecule has 0 atom stereocenters. The van der Waals surface area contributed by atoms with E-state index in [1.54, 1.807) is 24.3 Å². The van der Waals surface area contributed by atoms with Gasteiger partial charge < -0.3 is 9.47 Å². The number of rotatable bonds is 2. The molecule has 4 rings (SSSR count). The molecule has 0 spiro atoms. The zero-order chi connectivity index (χ0) is 20.0. The van der Waals surface area contributed by atoms with Crippen LogP contribution in [0.25, 0.3) is 6.08 Å². The number of nitrogens with one attached hydrogen (secondary N) is 1. The van der Waals surface area contributed by atoms with Crippen LogP contribution in [0.1, 0.15) is 22.3 Å². The number of amides is 4. The van der Waals surface area contributed by atoms with Crippen LogP contribution in [0.2, 0.25) is 0 Å². The maximum absolute atomic E-state index is 13.0. The third-order valence-corrected chi connectivity index (χ3v) is 4.63.